The molecule has 28 heavy (non-hydrogen) atoms. The van der Waals surface area contributed by atoms with Crippen LogP contribution in [0.25, 0.3) is 16.9 Å². The highest BCUT2D eigenvalue weighted by Gasteiger charge is 2.29. The molecule has 150 valence electrons. The van der Waals surface area contributed by atoms with E-state index in [4.69, 9.17) is 4.74 Å². The molecule has 0 aromatic carbocycles. The number of imidazole rings is 1. The van der Waals surface area contributed by atoms with Crippen LogP contribution in [0.3, 0.4) is 0 Å². The quantitative estimate of drug-likeness (QED) is 0.630. The Hall–Kier alpha value is -2.32. The van der Waals surface area contributed by atoms with Crippen LogP contribution in [-0.4, -0.2) is 46.3 Å². The second-order valence-corrected chi connectivity index (χ2v) is 9.73. The second-order valence-electron chi connectivity index (χ2n) is 7.53. The molecule has 0 saturated heterocycles. The van der Waals surface area contributed by atoms with Crippen molar-refractivity contribution in [2.45, 2.75) is 45.4 Å². The molecule has 7 nitrogen and oxygen atoms in total. The van der Waals surface area contributed by atoms with Gasteiger partial charge in [0.15, 0.2) is 5.65 Å². The van der Waals surface area contributed by atoms with Crippen molar-refractivity contribution in [3.8, 4) is 17.1 Å². The van der Waals surface area contributed by atoms with Gasteiger partial charge in [-0.25, -0.2) is 18.5 Å². The molecular formula is C20H27N5O2S. The van der Waals surface area contributed by atoms with Gasteiger partial charge in [0, 0.05) is 36.9 Å². The highest BCUT2D eigenvalue weighted by Crippen LogP contribution is 2.29. The van der Waals surface area contributed by atoms with Gasteiger partial charge in [-0.1, -0.05) is 6.92 Å². The lowest BCUT2D eigenvalue weighted by Crippen LogP contribution is -2.39. The van der Waals surface area contributed by atoms with Crippen molar-refractivity contribution in [2.24, 2.45) is 0 Å². The molecule has 2 atom stereocenters. The third-order valence-electron chi connectivity index (χ3n) is 4.52. The molecular weight excluding hydrogens is 374 g/mol. The Morgan fingerprint density at radius 1 is 1.29 bits per heavy atom. The average molecular weight is 402 g/mol. The molecule has 0 aliphatic heterocycles. The summed E-state index contributed by atoms with van der Waals surface area (Å²) in [5, 5.41) is 0. The fourth-order valence-corrected chi connectivity index (χ4v) is 4.38. The van der Waals surface area contributed by atoms with Crippen LogP contribution in [0.5, 0.6) is 5.88 Å². The van der Waals surface area contributed by atoms with Gasteiger partial charge in [-0.3, -0.25) is 4.98 Å². The van der Waals surface area contributed by atoms with Gasteiger partial charge in [0.25, 0.3) is 5.88 Å². The van der Waals surface area contributed by atoms with E-state index in [0.717, 1.165) is 17.0 Å². The topological polar surface area (TPSA) is 72.6 Å². The average Bonchev–Trinajstić information content (AvgIpc) is 3.15. The molecule has 0 bridgehead atoms. The summed E-state index contributed by atoms with van der Waals surface area (Å²) < 4.78 is 21.9. The van der Waals surface area contributed by atoms with Gasteiger partial charge in [0.05, 0.1) is 29.3 Å². The van der Waals surface area contributed by atoms with Gasteiger partial charge in [0.1, 0.15) is 11.0 Å². The van der Waals surface area contributed by atoms with E-state index in [1.165, 1.54) is 0 Å². The maximum atomic E-state index is 12.9. The molecule has 3 heterocycles. The minimum atomic E-state index is -1.13. The first-order chi connectivity index (χ1) is 13.3. The van der Waals surface area contributed by atoms with E-state index in [2.05, 4.69) is 15.0 Å². The van der Waals surface area contributed by atoms with Crippen LogP contribution in [0.4, 0.5) is 0 Å². The number of methoxy groups -OCH3 is 1. The van der Waals surface area contributed by atoms with Crippen molar-refractivity contribution in [2.75, 3.05) is 13.7 Å². The van der Waals surface area contributed by atoms with Crippen LogP contribution in [0, 0.1) is 0 Å². The summed E-state index contributed by atoms with van der Waals surface area (Å²) in [7, 11) is 0.455. The molecule has 0 saturated carbocycles. The number of fused-ring (bicyclic) bond motifs is 1. The molecule has 0 amide bonds. The lowest BCUT2D eigenvalue weighted by atomic mass is 10.1. The van der Waals surface area contributed by atoms with Gasteiger partial charge in [-0.15, -0.1) is 0 Å². The standard InChI is InChI=1S/C20H27N5O2S/c1-7-25(28(26)20(3,4)5)14(2)16-12-15(8-9-21-16)17-13-24-11-10-22-18(24)19(23-17)27-6/h8-14H,7H2,1-6H3/t14-,28-/m1/s1. The van der Waals surface area contributed by atoms with Crippen molar-refractivity contribution in [1.29, 1.82) is 0 Å². The van der Waals surface area contributed by atoms with Crippen molar-refractivity contribution < 1.29 is 8.95 Å². The van der Waals surface area contributed by atoms with Gasteiger partial charge in [-0.05, 0) is 39.8 Å². The first-order valence-corrected chi connectivity index (χ1v) is 10.4. The Bertz CT molecular complexity index is 996. The van der Waals surface area contributed by atoms with Gasteiger partial charge in [0.2, 0.25) is 0 Å². The number of hydrogen-bond donors (Lipinski definition) is 0. The number of aromatic nitrogens is 4. The molecule has 0 fully saturated rings. The maximum Gasteiger partial charge on any atom is 0.258 e. The minimum absolute atomic E-state index is 0.0936. The van der Waals surface area contributed by atoms with Gasteiger partial charge < -0.3 is 9.14 Å². The Labute approximate surface area is 168 Å². The van der Waals surface area contributed by atoms with Crippen LogP contribution in [0.1, 0.15) is 46.4 Å². The molecule has 0 N–H and O–H groups in total. The van der Waals surface area contributed by atoms with Crippen molar-refractivity contribution in [3.63, 3.8) is 0 Å². The number of ether oxygens (including phenoxy) is 1. The van der Waals surface area contributed by atoms with E-state index in [9.17, 15) is 4.21 Å². The lowest BCUT2D eigenvalue weighted by Gasteiger charge is -2.32. The highest BCUT2D eigenvalue weighted by atomic mass is 32.2. The lowest BCUT2D eigenvalue weighted by molar-refractivity contribution is 0.366. The van der Waals surface area contributed by atoms with E-state index in [-0.39, 0.29) is 10.8 Å². The molecule has 0 aliphatic rings. The fraction of sp³-hybridized carbons (Fsp3) is 0.450. The van der Waals surface area contributed by atoms with Crippen LogP contribution >= 0.6 is 0 Å². The summed E-state index contributed by atoms with van der Waals surface area (Å²) in [6.45, 7) is 10.7. The fourth-order valence-electron chi connectivity index (χ4n) is 3.05. The predicted molar refractivity (Wildman–Crippen MR) is 111 cm³/mol. The smallest absolute Gasteiger partial charge is 0.258 e. The summed E-state index contributed by atoms with van der Waals surface area (Å²) in [5.74, 6) is 0.470. The van der Waals surface area contributed by atoms with E-state index in [1.54, 1.807) is 19.5 Å². The molecule has 3 aromatic rings. The minimum Gasteiger partial charge on any atom is -0.478 e. The highest BCUT2D eigenvalue weighted by molar-refractivity contribution is 7.84. The third kappa shape index (κ3) is 3.93. The zero-order chi connectivity index (χ0) is 20.5. The van der Waals surface area contributed by atoms with Crippen molar-refractivity contribution in [3.05, 3.63) is 42.6 Å². The Balaban J connectivity index is 1.99. The summed E-state index contributed by atoms with van der Waals surface area (Å²) in [5.41, 5.74) is 3.21. The van der Waals surface area contributed by atoms with Gasteiger partial charge >= 0.3 is 0 Å². The number of hydrogen-bond acceptors (Lipinski definition) is 5. The Morgan fingerprint density at radius 2 is 2.04 bits per heavy atom. The number of rotatable bonds is 6. The van der Waals surface area contributed by atoms with Gasteiger partial charge in [-0.2, -0.15) is 0 Å². The molecule has 3 aromatic heterocycles. The first kappa shape index (κ1) is 20.4. The Morgan fingerprint density at radius 3 is 2.68 bits per heavy atom. The normalized spacial score (nSPS) is 14.4. The summed E-state index contributed by atoms with van der Waals surface area (Å²) in [4.78, 5) is 13.4. The summed E-state index contributed by atoms with van der Waals surface area (Å²) >= 11 is 0. The molecule has 3 rings (SSSR count). The van der Waals surface area contributed by atoms with Crippen LogP contribution in [-0.2, 0) is 11.0 Å². The van der Waals surface area contributed by atoms with Crippen molar-refractivity contribution in [1.82, 2.24) is 23.7 Å². The number of nitrogens with zero attached hydrogens (tertiary/aromatic N) is 5. The van der Waals surface area contributed by atoms with Crippen LogP contribution in [0.15, 0.2) is 36.9 Å². The monoisotopic (exact) mass is 401 g/mol. The molecule has 8 heteroatoms. The maximum absolute atomic E-state index is 12.9. The first-order valence-electron chi connectivity index (χ1n) is 9.29. The van der Waals surface area contributed by atoms with Crippen LogP contribution < -0.4 is 4.74 Å². The van der Waals surface area contributed by atoms with E-state index in [0.29, 0.717) is 18.1 Å². The van der Waals surface area contributed by atoms with E-state index in [1.807, 2.05) is 67.9 Å². The summed E-state index contributed by atoms with van der Waals surface area (Å²) in [6.07, 6.45) is 7.25. The molecule has 0 aliphatic carbocycles. The van der Waals surface area contributed by atoms with Crippen molar-refractivity contribution >= 4 is 16.6 Å². The van der Waals surface area contributed by atoms with E-state index >= 15 is 0 Å². The summed E-state index contributed by atoms with van der Waals surface area (Å²) in [6, 6.07) is 3.82. The predicted octanol–water partition coefficient (Wildman–Crippen LogP) is 3.65. The largest absolute Gasteiger partial charge is 0.478 e. The molecule has 0 radical (unpaired) electrons. The molecule has 0 spiro atoms. The van der Waals surface area contributed by atoms with Crippen LogP contribution in [0.2, 0.25) is 0 Å². The SMILES string of the molecule is CCN([C@H](C)c1cc(-c2cn3ccnc3c(OC)n2)ccn1)[S@](=O)C(C)(C)C. The van der Waals surface area contributed by atoms with E-state index < -0.39 is 11.0 Å². The zero-order valence-corrected chi connectivity index (χ0v) is 18.0. The Kier molecular flexibility index (Phi) is 5.81. The third-order valence-corrected chi connectivity index (χ3v) is 6.57. The molecule has 0 unspecified atom stereocenters. The zero-order valence-electron chi connectivity index (χ0n) is 17.2. The number of pyridine rings is 1. The second kappa shape index (κ2) is 7.97.